The van der Waals surface area contributed by atoms with Crippen LogP contribution in [-0.2, 0) is 6.42 Å². The number of thiazole rings is 1. The maximum Gasteiger partial charge on any atom is 0.191 e. The van der Waals surface area contributed by atoms with Crippen LogP contribution in [0.1, 0.15) is 50.2 Å². The fourth-order valence-electron chi connectivity index (χ4n) is 2.33. The van der Waals surface area contributed by atoms with Gasteiger partial charge in [-0.25, -0.2) is 4.98 Å². The first-order valence-corrected chi connectivity index (χ1v) is 8.43. The zero-order valence-corrected chi connectivity index (χ0v) is 13.6. The Balaban J connectivity index is 1.79. The molecule has 5 heteroatoms. The van der Waals surface area contributed by atoms with Crippen LogP contribution in [0, 0.1) is 5.92 Å². The van der Waals surface area contributed by atoms with Crippen molar-refractivity contribution in [2.24, 2.45) is 16.6 Å². The Morgan fingerprint density at radius 3 is 2.80 bits per heavy atom. The van der Waals surface area contributed by atoms with Gasteiger partial charge in [0.2, 0.25) is 0 Å². The van der Waals surface area contributed by atoms with E-state index < -0.39 is 0 Å². The van der Waals surface area contributed by atoms with E-state index in [0.717, 1.165) is 37.7 Å². The Kier molecular flexibility index (Phi) is 5.40. The molecule has 2 rings (SSSR count). The van der Waals surface area contributed by atoms with Gasteiger partial charge in [0.05, 0.1) is 10.7 Å². The number of piperidine rings is 1. The Morgan fingerprint density at radius 2 is 2.20 bits per heavy atom. The molecule has 4 nitrogen and oxygen atoms in total. The van der Waals surface area contributed by atoms with Crippen LogP contribution >= 0.6 is 11.3 Å². The van der Waals surface area contributed by atoms with Gasteiger partial charge in [0.25, 0.3) is 0 Å². The smallest absolute Gasteiger partial charge is 0.191 e. The summed E-state index contributed by atoms with van der Waals surface area (Å²) in [5.74, 6) is 2.04. The standard InChI is InChI=1S/C15H26N4S/c1-11(2)14-18-13(10-20-14)4-7-17-15(16)19-8-5-12(3)6-9-19/h10-12H,4-9H2,1-3H3,(H2,16,17). The molecule has 1 aromatic rings. The molecule has 1 aliphatic heterocycles. The lowest BCUT2D eigenvalue weighted by molar-refractivity contribution is 0.277. The van der Waals surface area contributed by atoms with Crippen LogP contribution in [0.15, 0.2) is 10.4 Å². The zero-order valence-electron chi connectivity index (χ0n) is 12.8. The first-order valence-electron chi connectivity index (χ1n) is 7.55. The highest BCUT2D eigenvalue weighted by Crippen LogP contribution is 2.19. The molecule has 0 aliphatic carbocycles. The number of rotatable bonds is 4. The fraction of sp³-hybridized carbons (Fsp3) is 0.733. The van der Waals surface area contributed by atoms with E-state index >= 15 is 0 Å². The van der Waals surface area contributed by atoms with Gasteiger partial charge in [0.1, 0.15) is 0 Å². The topological polar surface area (TPSA) is 54.5 Å². The third-order valence-electron chi connectivity index (χ3n) is 3.81. The monoisotopic (exact) mass is 294 g/mol. The molecular weight excluding hydrogens is 268 g/mol. The largest absolute Gasteiger partial charge is 0.370 e. The molecule has 1 fully saturated rings. The van der Waals surface area contributed by atoms with Gasteiger partial charge in [-0.1, -0.05) is 20.8 Å². The number of nitrogens with zero attached hydrogens (tertiary/aromatic N) is 3. The van der Waals surface area contributed by atoms with Crippen LogP contribution in [0.3, 0.4) is 0 Å². The van der Waals surface area contributed by atoms with Crippen molar-refractivity contribution >= 4 is 17.3 Å². The van der Waals surface area contributed by atoms with E-state index in [1.165, 1.54) is 17.8 Å². The predicted molar refractivity (Wildman–Crippen MR) is 86.4 cm³/mol. The third kappa shape index (κ3) is 4.20. The lowest BCUT2D eigenvalue weighted by Gasteiger charge is -2.31. The van der Waals surface area contributed by atoms with Crippen molar-refractivity contribution < 1.29 is 0 Å². The van der Waals surface area contributed by atoms with Gasteiger partial charge in [0.15, 0.2) is 5.96 Å². The van der Waals surface area contributed by atoms with Crippen molar-refractivity contribution in [3.63, 3.8) is 0 Å². The summed E-state index contributed by atoms with van der Waals surface area (Å²) >= 11 is 1.74. The molecule has 2 heterocycles. The van der Waals surface area contributed by atoms with Crippen molar-refractivity contribution in [1.29, 1.82) is 0 Å². The van der Waals surface area contributed by atoms with E-state index in [9.17, 15) is 0 Å². The second kappa shape index (κ2) is 7.07. The molecule has 0 radical (unpaired) electrons. The Hall–Kier alpha value is -1.10. The van der Waals surface area contributed by atoms with Crippen LogP contribution < -0.4 is 5.73 Å². The van der Waals surface area contributed by atoms with Crippen LogP contribution in [0.4, 0.5) is 0 Å². The quantitative estimate of drug-likeness (QED) is 0.686. The van der Waals surface area contributed by atoms with Crippen LogP contribution in [0.25, 0.3) is 0 Å². The average molecular weight is 294 g/mol. The maximum absolute atomic E-state index is 6.07. The molecule has 0 bridgehead atoms. The molecule has 0 aromatic carbocycles. The van der Waals surface area contributed by atoms with Crippen molar-refractivity contribution in [2.45, 2.75) is 46.0 Å². The minimum absolute atomic E-state index is 0.512. The molecule has 112 valence electrons. The summed E-state index contributed by atoms with van der Waals surface area (Å²) in [6.07, 6.45) is 3.33. The van der Waals surface area contributed by atoms with E-state index in [-0.39, 0.29) is 0 Å². The maximum atomic E-state index is 6.07. The van der Waals surface area contributed by atoms with Crippen LogP contribution in [-0.4, -0.2) is 35.5 Å². The Bertz CT molecular complexity index is 444. The van der Waals surface area contributed by atoms with E-state index in [1.807, 2.05) is 0 Å². The third-order valence-corrected chi connectivity index (χ3v) is 5.01. The molecule has 0 atom stereocenters. The van der Waals surface area contributed by atoms with Crippen molar-refractivity contribution in [3.05, 3.63) is 16.1 Å². The van der Waals surface area contributed by atoms with Gasteiger partial charge >= 0.3 is 0 Å². The van der Waals surface area contributed by atoms with Crippen LogP contribution in [0.2, 0.25) is 0 Å². The Labute approximate surface area is 126 Å². The molecule has 0 spiro atoms. The second-order valence-electron chi connectivity index (χ2n) is 5.99. The number of hydrogen-bond donors (Lipinski definition) is 1. The number of nitrogens with two attached hydrogens (primary N) is 1. The Morgan fingerprint density at radius 1 is 1.50 bits per heavy atom. The first kappa shape index (κ1) is 15.3. The molecule has 1 aliphatic rings. The zero-order chi connectivity index (χ0) is 14.5. The van der Waals surface area contributed by atoms with Crippen molar-refractivity contribution in [3.8, 4) is 0 Å². The predicted octanol–water partition coefficient (Wildman–Crippen LogP) is 2.86. The minimum Gasteiger partial charge on any atom is -0.370 e. The summed E-state index contributed by atoms with van der Waals surface area (Å²) < 4.78 is 0. The summed E-state index contributed by atoms with van der Waals surface area (Å²) in [5.41, 5.74) is 7.21. The van der Waals surface area contributed by atoms with E-state index in [0.29, 0.717) is 11.9 Å². The normalized spacial score (nSPS) is 18.0. The van der Waals surface area contributed by atoms with E-state index in [2.05, 4.69) is 41.0 Å². The first-order chi connectivity index (χ1) is 9.56. The number of aromatic nitrogens is 1. The highest BCUT2D eigenvalue weighted by atomic mass is 32.1. The molecule has 1 aromatic heterocycles. The molecule has 20 heavy (non-hydrogen) atoms. The molecular formula is C15H26N4S. The van der Waals surface area contributed by atoms with Gasteiger partial charge < -0.3 is 10.6 Å². The van der Waals surface area contributed by atoms with Crippen molar-refractivity contribution in [2.75, 3.05) is 19.6 Å². The van der Waals surface area contributed by atoms with Crippen molar-refractivity contribution in [1.82, 2.24) is 9.88 Å². The number of hydrogen-bond acceptors (Lipinski definition) is 3. The van der Waals surface area contributed by atoms with E-state index in [1.54, 1.807) is 11.3 Å². The van der Waals surface area contributed by atoms with Gasteiger partial charge in [-0.2, -0.15) is 0 Å². The average Bonchev–Trinajstić information content (AvgIpc) is 2.88. The fourth-order valence-corrected chi connectivity index (χ4v) is 3.19. The lowest BCUT2D eigenvalue weighted by atomic mass is 10.00. The summed E-state index contributed by atoms with van der Waals surface area (Å²) in [6, 6.07) is 0. The minimum atomic E-state index is 0.512. The number of guanidine groups is 1. The highest BCUT2D eigenvalue weighted by Gasteiger charge is 2.16. The SMILES string of the molecule is CC1CCN(C(N)=NCCc2csc(C(C)C)n2)CC1. The van der Waals surface area contributed by atoms with Gasteiger partial charge in [-0.15, -0.1) is 11.3 Å². The molecule has 1 saturated heterocycles. The molecule has 2 N–H and O–H groups in total. The van der Waals surface area contributed by atoms with Gasteiger partial charge in [0, 0.05) is 37.4 Å². The van der Waals surface area contributed by atoms with Gasteiger partial charge in [-0.3, -0.25) is 4.99 Å². The lowest BCUT2D eigenvalue weighted by Crippen LogP contribution is -2.42. The molecule has 0 amide bonds. The second-order valence-corrected chi connectivity index (χ2v) is 6.88. The summed E-state index contributed by atoms with van der Waals surface area (Å²) in [4.78, 5) is 11.3. The molecule has 0 saturated carbocycles. The summed E-state index contributed by atoms with van der Waals surface area (Å²) in [5, 5.41) is 3.35. The summed E-state index contributed by atoms with van der Waals surface area (Å²) in [7, 11) is 0. The van der Waals surface area contributed by atoms with Gasteiger partial charge in [-0.05, 0) is 18.8 Å². The van der Waals surface area contributed by atoms with Crippen LogP contribution in [0.5, 0.6) is 0 Å². The van der Waals surface area contributed by atoms with E-state index in [4.69, 9.17) is 5.73 Å². The number of aliphatic imine (C=N–C) groups is 1. The molecule has 0 unspecified atom stereocenters. The highest BCUT2D eigenvalue weighted by molar-refractivity contribution is 7.09. The number of likely N-dealkylation sites (tertiary alicyclic amines) is 1. The summed E-state index contributed by atoms with van der Waals surface area (Å²) in [6.45, 7) is 9.49.